The molecule has 2 rings (SSSR count). The molecule has 8 heteroatoms. The zero-order chi connectivity index (χ0) is 22.1. The number of nitrogens with zero attached hydrogens (tertiary/aromatic N) is 2. The van der Waals surface area contributed by atoms with Crippen molar-refractivity contribution in [3.63, 3.8) is 0 Å². The summed E-state index contributed by atoms with van der Waals surface area (Å²) in [6.45, 7) is 6.56. The Morgan fingerprint density at radius 3 is 2.63 bits per heavy atom. The van der Waals surface area contributed by atoms with E-state index < -0.39 is 6.09 Å². The lowest BCUT2D eigenvalue weighted by atomic mass is 10.0. The van der Waals surface area contributed by atoms with Crippen LogP contribution in [0.2, 0.25) is 0 Å². The van der Waals surface area contributed by atoms with Crippen LogP contribution < -0.4 is 9.47 Å². The zero-order valence-electron chi connectivity index (χ0n) is 18.4. The number of methoxy groups -OCH3 is 2. The molecule has 0 spiro atoms. The molecule has 0 radical (unpaired) electrons. The Hall–Kier alpha value is -2.48. The van der Waals surface area contributed by atoms with Crippen molar-refractivity contribution in [1.82, 2.24) is 9.80 Å². The molecular formula is C22H34N2O6. The molecule has 8 nitrogen and oxygen atoms in total. The monoisotopic (exact) mass is 422 g/mol. The largest absolute Gasteiger partial charge is 0.493 e. The molecule has 1 heterocycles. The molecule has 1 saturated heterocycles. The minimum absolute atomic E-state index is 0.120. The van der Waals surface area contributed by atoms with E-state index in [1.165, 1.54) is 4.90 Å². The molecule has 1 aliphatic heterocycles. The van der Waals surface area contributed by atoms with Crippen LogP contribution in [0.1, 0.15) is 43.5 Å². The molecule has 1 aromatic rings. The molecule has 1 aromatic carbocycles. The van der Waals surface area contributed by atoms with Crippen LogP contribution in [0.5, 0.6) is 11.5 Å². The summed E-state index contributed by atoms with van der Waals surface area (Å²) in [6.07, 6.45) is 1.33. The highest BCUT2D eigenvalue weighted by atomic mass is 16.5. The number of carbonyl (C=O) groups excluding carboxylic acids is 1. The van der Waals surface area contributed by atoms with E-state index in [1.54, 1.807) is 32.4 Å². The van der Waals surface area contributed by atoms with E-state index in [2.05, 4.69) is 13.8 Å². The van der Waals surface area contributed by atoms with Gasteiger partial charge in [-0.15, -0.1) is 0 Å². The highest BCUT2D eigenvalue weighted by molar-refractivity contribution is 5.95. The first-order valence-electron chi connectivity index (χ1n) is 10.5. The number of hydrogen-bond donors (Lipinski definition) is 1. The predicted octanol–water partition coefficient (Wildman–Crippen LogP) is 3.35. The van der Waals surface area contributed by atoms with E-state index in [0.29, 0.717) is 49.9 Å². The van der Waals surface area contributed by atoms with E-state index >= 15 is 0 Å². The average molecular weight is 423 g/mol. The maximum absolute atomic E-state index is 13.4. The molecule has 1 fully saturated rings. The third kappa shape index (κ3) is 6.52. The highest BCUT2D eigenvalue weighted by Crippen LogP contribution is 2.30. The first kappa shape index (κ1) is 23.8. The van der Waals surface area contributed by atoms with Gasteiger partial charge >= 0.3 is 6.09 Å². The average Bonchev–Trinajstić information content (AvgIpc) is 2.74. The number of piperidine rings is 1. The van der Waals surface area contributed by atoms with Crippen LogP contribution in [-0.4, -0.2) is 80.0 Å². The quantitative estimate of drug-likeness (QED) is 0.582. The van der Waals surface area contributed by atoms with Crippen molar-refractivity contribution in [3.05, 3.63) is 23.8 Å². The fraction of sp³-hybridized carbons (Fsp3) is 0.636. The Balaban J connectivity index is 2.22. The minimum atomic E-state index is -0.937. The molecule has 30 heavy (non-hydrogen) atoms. The van der Waals surface area contributed by atoms with Crippen LogP contribution in [-0.2, 0) is 4.74 Å². The predicted molar refractivity (Wildman–Crippen MR) is 113 cm³/mol. The van der Waals surface area contributed by atoms with Gasteiger partial charge in [-0.1, -0.05) is 13.8 Å². The van der Waals surface area contributed by atoms with Gasteiger partial charge in [0.05, 0.1) is 13.7 Å². The van der Waals surface area contributed by atoms with E-state index in [9.17, 15) is 14.7 Å². The number of hydrogen-bond acceptors (Lipinski definition) is 5. The number of carbonyl (C=O) groups is 2. The number of carboxylic acid groups (broad SMARTS) is 1. The van der Waals surface area contributed by atoms with Crippen molar-refractivity contribution < 1.29 is 28.9 Å². The summed E-state index contributed by atoms with van der Waals surface area (Å²) in [6, 6.07) is 5.03. The van der Waals surface area contributed by atoms with Crippen molar-refractivity contribution in [1.29, 1.82) is 0 Å². The summed E-state index contributed by atoms with van der Waals surface area (Å²) in [7, 11) is 3.20. The summed E-state index contributed by atoms with van der Waals surface area (Å²) < 4.78 is 16.2. The fourth-order valence-corrected chi connectivity index (χ4v) is 3.65. The second-order valence-electron chi connectivity index (χ2n) is 7.94. The summed E-state index contributed by atoms with van der Waals surface area (Å²) >= 11 is 0. The fourth-order valence-electron chi connectivity index (χ4n) is 3.65. The first-order chi connectivity index (χ1) is 14.4. The highest BCUT2D eigenvalue weighted by Gasteiger charge is 2.31. The van der Waals surface area contributed by atoms with Gasteiger partial charge in [-0.25, -0.2) is 4.79 Å². The first-order valence-corrected chi connectivity index (χ1v) is 10.5. The Morgan fingerprint density at radius 2 is 2.00 bits per heavy atom. The minimum Gasteiger partial charge on any atom is -0.493 e. The number of likely N-dealkylation sites (tertiary alicyclic amines) is 1. The van der Waals surface area contributed by atoms with E-state index in [0.717, 1.165) is 19.3 Å². The lowest BCUT2D eigenvalue weighted by Crippen LogP contribution is -2.52. The normalized spacial score (nSPS) is 16.4. The van der Waals surface area contributed by atoms with Crippen LogP contribution in [0.15, 0.2) is 18.2 Å². The van der Waals surface area contributed by atoms with Crippen molar-refractivity contribution in [2.24, 2.45) is 5.92 Å². The number of rotatable bonds is 10. The topological polar surface area (TPSA) is 88.5 Å². The maximum atomic E-state index is 13.4. The van der Waals surface area contributed by atoms with Crippen LogP contribution in [0.25, 0.3) is 0 Å². The zero-order valence-corrected chi connectivity index (χ0v) is 18.4. The molecule has 0 unspecified atom stereocenters. The lowest BCUT2D eigenvalue weighted by molar-refractivity contribution is 0.0504. The van der Waals surface area contributed by atoms with Gasteiger partial charge in [-0.05, 0) is 37.0 Å². The van der Waals surface area contributed by atoms with Gasteiger partial charge in [-0.3, -0.25) is 4.79 Å². The summed E-state index contributed by atoms with van der Waals surface area (Å²) in [5.74, 6) is 1.22. The maximum Gasteiger partial charge on any atom is 0.407 e. The third-order valence-electron chi connectivity index (χ3n) is 5.09. The molecular weight excluding hydrogens is 388 g/mol. The van der Waals surface area contributed by atoms with E-state index in [-0.39, 0.29) is 17.9 Å². The van der Waals surface area contributed by atoms with Gasteiger partial charge in [-0.2, -0.15) is 0 Å². The number of benzene rings is 1. The molecule has 1 atom stereocenters. The van der Waals surface area contributed by atoms with Crippen LogP contribution >= 0.6 is 0 Å². The van der Waals surface area contributed by atoms with Crippen molar-refractivity contribution in [2.45, 2.75) is 39.2 Å². The molecule has 1 aliphatic rings. The molecule has 0 saturated carbocycles. The van der Waals surface area contributed by atoms with Gasteiger partial charge in [0, 0.05) is 51.4 Å². The smallest absolute Gasteiger partial charge is 0.407 e. The molecule has 1 N–H and O–H groups in total. The molecule has 0 aromatic heterocycles. The number of ether oxygens (including phenoxy) is 3. The van der Waals surface area contributed by atoms with Gasteiger partial charge < -0.3 is 29.1 Å². The Labute approximate surface area is 178 Å². The lowest BCUT2D eigenvalue weighted by Gasteiger charge is -2.39. The van der Waals surface area contributed by atoms with Crippen LogP contribution in [0.3, 0.4) is 0 Å². The van der Waals surface area contributed by atoms with Crippen molar-refractivity contribution in [2.75, 3.05) is 47.1 Å². The Bertz CT molecular complexity index is 709. The van der Waals surface area contributed by atoms with Crippen molar-refractivity contribution in [3.8, 4) is 11.5 Å². The van der Waals surface area contributed by atoms with Gasteiger partial charge in [0.25, 0.3) is 5.91 Å². The number of amides is 2. The van der Waals surface area contributed by atoms with E-state index in [4.69, 9.17) is 14.2 Å². The molecule has 0 bridgehead atoms. The molecule has 0 aliphatic carbocycles. The Morgan fingerprint density at radius 1 is 1.23 bits per heavy atom. The SMILES string of the molecule is COCCCOc1cc(C(=O)N(CC(C)C)[C@@H]2CCCN(C(=O)O)C2)ccc1OC. The summed E-state index contributed by atoms with van der Waals surface area (Å²) in [4.78, 5) is 28.1. The van der Waals surface area contributed by atoms with Gasteiger partial charge in [0.15, 0.2) is 11.5 Å². The standard InChI is InChI=1S/C22H34N2O6/c1-16(2)14-24(18-7-5-10-23(15-18)22(26)27)21(25)17-8-9-19(29-4)20(13-17)30-12-6-11-28-3/h8-9,13,16,18H,5-7,10-12,14-15H2,1-4H3,(H,26,27)/t18-/m1/s1. The van der Waals surface area contributed by atoms with E-state index in [1.807, 2.05) is 4.90 Å². The Kier molecular flexibility index (Phi) is 9.23. The van der Waals surface area contributed by atoms with Crippen LogP contribution in [0, 0.1) is 5.92 Å². The summed E-state index contributed by atoms with van der Waals surface area (Å²) in [5, 5.41) is 9.37. The molecule has 2 amide bonds. The second-order valence-corrected chi connectivity index (χ2v) is 7.94. The molecule has 168 valence electrons. The van der Waals surface area contributed by atoms with Crippen molar-refractivity contribution >= 4 is 12.0 Å². The summed E-state index contributed by atoms with van der Waals surface area (Å²) in [5.41, 5.74) is 0.505. The van der Waals surface area contributed by atoms with Gasteiger partial charge in [0.2, 0.25) is 0 Å². The van der Waals surface area contributed by atoms with Gasteiger partial charge in [0.1, 0.15) is 0 Å². The van der Waals surface area contributed by atoms with Crippen LogP contribution in [0.4, 0.5) is 4.79 Å². The third-order valence-corrected chi connectivity index (χ3v) is 5.09. The second kappa shape index (κ2) is 11.6.